The quantitative estimate of drug-likeness (QED) is 0.0669. The Bertz CT molecular complexity index is 5870. The van der Waals surface area contributed by atoms with Crippen molar-refractivity contribution in [2.75, 3.05) is 62.5 Å². The second-order valence-corrected chi connectivity index (χ2v) is 33.4. The highest BCUT2D eigenvalue weighted by molar-refractivity contribution is 6.41. The molecule has 7 heterocycles. The van der Waals surface area contributed by atoms with E-state index in [1.165, 1.54) is 59.8 Å². The van der Waals surface area contributed by atoms with Crippen LogP contribution in [0.15, 0.2) is 305 Å². The van der Waals surface area contributed by atoms with E-state index in [4.69, 9.17) is 14.2 Å². The smallest absolute Gasteiger partial charge is 0.278 e. The number of amides is 2. The Balaban J connectivity index is 0.000000218. The van der Waals surface area contributed by atoms with Crippen LogP contribution in [0.2, 0.25) is 0 Å². The van der Waals surface area contributed by atoms with Gasteiger partial charge < -0.3 is 33.5 Å². The van der Waals surface area contributed by atoms with Crippen LogP contribution >= 0.6 is 0 Å². The SMILES string of the molecule is C.C.C.C.C.C.CC1=CC(=C2C(=O)N(C)N(C)C2=O)C=C(/C=C/c2cc3c4c(c2)C(C)(C)CCN4CCC3(C)C)O1.CCC(CC(C)c1ccc(CN(C)c2ccc(/C=C/C3=CC(=C4C(=O)c5ccccc5C4=O)C=C(C)O3)cc2)cc1)n1c2ccccc2c2ccccc21.CCN(C)c1ccc(/C=C/C2=CC(=C3C(=O)c4ccccc4C3=O)C=C(C)O2)cc1. The molecule has 2 aliphatic carbocycles. The normalized spacial score (nSPS) is 16.9. The summed E-state index contributed by atoms with van der Waals surface area (Å²) in [7, 11) is 7.37. The lowest BCUT2D eigenvalue weighted by Crippen LogP contribution is -2.44. The Kier molecular flexibility index (Phi) is 30.3. The topological polar surface area (TPSA) is 151 Å². The largest absolute Gasteiger partial charge is 0.462 e. The molecule has 125 heavy (non-hydrogen) atoms. The van der Waals surface area contributed by atoms with Gasteiger partial charge in [0.15, 0.2) is 23.1 Å². The number of allylic oxidation sites excluding steroid dienone is 17. The molecule has 0 radical (unpaired) electrons. The van der Waals surface area contributed by atoms with Crippen molar-refractivity contribution in [2.45, 2.75) is 169 Å². The van der Waals surface area contributed by atoms with Gasteiger partial charge in [0, 0.05) is 122 Å². The fourth-order valence-electron chi connectivity index (χ4n) is 17.2. The zero-order valence-electron chi connectivity index (χ0n) is 70.4. The summed E-state index contributed by atoms with van der Waals surface area (Å²) in [6.45, 7) is 25.6. The number of hydrogen-bond acceptors (Lipinski definition) is 12. The van der Waals surface area contributed by atoms with Crippen LogP contribution in [-0.2, 0) is 41.2 Å². The average molecular weight is 1680 g/mol. The first-order valence-corrected chi connectivity index (χ1v) is 41.2. The first-order chi connectivity index (χ1) is 57.1. The van der Waals surface area contributed by atoms with Crippen LogP contribution in [0.25, 0.3) is 40.0 Å². The molecular formula is C110H126N6O9. The van der Waals surface area contributed by atoms with Gasteiger partial charge in [0.2, 0.25) is 0 Å². The number of para-hydroxylation sites is 2. The maximum atomic E-state index is 13.1. The zero-order chi connectivity index (χ0) is 83.9. The van der Waals surface area contributed by atoms with Gasteiger partial charge in [-0.25, -0.2) is 0 Å². The van der Waals surface area contributed by atoms with Gasteiger partial charge >= 0.3 is 0 Å². The standard InChI is InChI=1S/C49H44N2O3.C29H35N3O3.C26H23NO3.6CH4/c1-5-38(51-45-16-10-8-12-41(45)42-13-9-11-17-46(42)51)28-32(2)36-23-18-35(19-24-36)31-50(4)39-25-20-34(21-26-39)22-27-40-30-37(29-33(3)54-40)47-48(52)43-14-6-7-15-44(43)49(47)53;1-18-14-20(24-26(33)30(6)31(7)27(24)34)17-21(35-18)9-8-19-15-22-25-23(16-19)29(4,5)11-13-32(25)12-10-28(22,2)3;1-4-27(3)20-12-9-18(10-13-20)11-14-21-16-19(15-17(2)30-21)24-25(28)22-7-5-6-8-23(22)26(24)29;;;;;;/h6-27,29-30,32,38H,5,28,31H2,1-4H3;8-9,14-17H,10-13H2,1-7H3;5-16H,4H2,1-3H3;6*1H4/b27-22+;9-8+;14-11+;;;;;;. The van der Waals surface area contributed by atoms with Crippen molar-refractivity contribution in [1.82, 2.24) is 14.6 Å². The third-order valence-corrected chi connectivity index (χ3v) is 24.3. The molecule has 8 aromatic carbocycles. The van der Waals surface area contributed by atoms with Crippen molar-refractivity contribution in [2.24, 2.45) is 0 Å². The van der Waals surface area contributed by atoms with Crippen molar-refractivity contribution in [1.29, 1.82) is 0 Å². The maximum absolute atomic E-state index is 13.1. The Morgan fingerprint density at radius 2 is 0.792 bits per heavy atom. The predicted octanol–water partition coefficient (Wildman–Crippen LogP) is 25.8. The summed E-state index contributed by atoms with van der Waals surface area (Å²) in [5.74, 6) is 2.55. The number of carbonyl (C=O) groups excluding carboxylic acids is 6. The fourth-order valence-corrected chi connectivity index (χ4v) is 17.2. The van der Waals surface area contributed by atoms with E-state index in [1.807, 2.05) is 63.3 Å². The number of fused-ring (bicyclic) bond motifs is 5. The molecule has 2 unspecified atom stereocenters. The lowest BCUT2D eigenvalue weighted by molar-refractivity contribution is -0.141. The molecule has 0 spiro atoms. The van der Waals surface area contributed by atoms with Gasteiger partial charge in [-0.3, -0.25) is 38.8 Å². The number of ether oxygens (including phenoxy) is 3. The minimum atomic E-state index is -0.305. The Hall–Kier alpha value is -13.1. The van der Waals surface area contributed by atoms with Crippen molar-refractivity contribution < 1.29 is 43.0 Å². The van der Waals surface area contributed by atoms with Gasteiger partial charge in [-0.2, -0.15) is 0 Å². The van der Waals surface area contributed by atoms with E-state index in [1.54, 1.807) is 99.1 Å². The summed E-state index contributed by atoms with van der Waals surface area (Å²) >= 11 is 0. The number of nitrogens with zero attached hydrogens (tertiary/aromatic N) is 6. The molecule has 1 aromatic heterocycles. The average Bonchev–Trinajstić information content (AvgIpc) is 1.61. The molecule has 8 aliphatic rings. The summed E-state index contributed by atoms with van der Waals surface area (Å²) in [6, 6.07) is 62.4. The zero-order valence-corrected chi connectivity index (χ0v) is 70.4. The second-order valence-electron chi connectivity index (χ2n) is 33.4. The van der Waals surface area contributed by atoms with E-state index >= 15 is 0 Å². The molecule has 2 atom stereocenters. The number of hydrogen-bond donors (Lipinski definition) is 0. The second kappa shape index (κ2) is 39.6. The number of Topliss-reactive ketones (excluding diaryl/α,β-unsaturated/α-hetero) is 4. The molecule has 15 nitrogen and oxygen atoms in total. The fraction of sp³-hybridized carbons (Fsp3) is 0.291. The Morgan fingerprint density at radius 1 is 0.432 bits per heavy atom. The maximum Gasteiger partial charge on any atom is 0.278 e. The lowest BCUT2D eigenvalue weighted by atomic mass is 9.69. The first-order valence-electron chi connectivity index (χ1n) is 41.2. The predicted molar refractivity (Wildman–Crippen MR) is 519 cm³/mol. The first kappa shape index (κ1) is 95.7. The van der Waals surface area contributed by atoms with Crippen LogP contribution in [0.5, 0.6) is 0 Å². The summed E-state index contributed by atoms with van der Waals surface area (Å²) in [5, 5.41) is 5.32. The molecule has 1 saturated heterocycles. The van der Waals surface area contributed by atoms with E-state index in [2.05, 4.69) is 209 Å². The third kappa shape index (κ3) is 19.5. The Labute approximate surface area is 742 Å². The number of benzene rings is 8. The van der Waals surface area contributed by atoms with Crippen LogP contribution in [0, 0.1) is 0 Å². The molecule has 2 amide bonds. The summed E-state index contributed by atoms with van der Waals surface area (Å²) in [6.07, 6.45) is 26.7. The molecule has 6 aliphatic heterocycles. The molecule has 9 aromatic rings. The number of rotatable bonds is 16. The lowest BCUT2D eigenvalue weighted by Gasteiger charge is -2.48. The third-order valence-electron chi connectivity index (χ3n) is 24.3. The molecule has 0 bridgehead atoms. The van der Waals surface area contributed by atoms with Crippen molar-refractivity contribution in [3.05, 3.63) is 366 Å². The van der Waals surface area contributed by atoms with Gasteiger partial charge in [-0.1, -0.05) is 238 Å². The van der Waals surface area contributed by atoms with Gasteiger partial charge in [-0.05, 0) is 229 Å². The van der Waals surface area contributed by atoms with Crippen LogP contribution < -0.4 is 14.7 Å². The molecule has 17 rings (SSSR count). The van der Waals surface area contributed by atoms with Gasteiger partial charge in [-0.15, -0.1) is 0 Å². The van der Waals surface area contributed by atoms with Crippen LogP contribution in [0.4, 0.5) is 17.1 Å². The van der Waals surface area contributed by atoms with Crippen LogP contribution in [-0.4, -0.2) is 97.4 Å². The summed E-state index contributed by atoms with van der Waals surface area (Å²) in [4.78, 5) is 84.1. The molecule has 1 fully saturated rings. The number of anilines is 3. The van der Waals surface area contributed by atoms with E-state index in [0.717, 1.165) is 79.9 Å². The highest BCUT2D eigenvalue weighted by Crippen LogP contribution is 2.50. The van der Waals surface area contributed by atoms with Crippen LogP contribution in [0.1, 0.15) is 232 Å². The number of ketones is 4. The molecule has 650 valence electrons. The monoisotopic (exact) mass is 1670 g/mol. The molecule has 15 heteroatoms. The molecular weight excluding hydrogens is 1550 g/mol. The van der Waals surface area contributed by atoms with Gasteiger partial charge in [0.05, 0.1) is 11.1 Å². The van der Waals surface area contributed by atoms with E-state index in [9.17, 15) is 28.8 Å². The minimum Gasteiger partial charge on any atom is -0.462 e. The summed E-state index contributed by atoms with van der Waals surface area (Å²) in [5.41, 5.74) is 19.4. The van der Waals surface area contributed by atoms with E-state index < -0.39 is 0 Å². The van der Waals surface area contributed by atoms with E-state index in [-0.39, 0.29) is 107 Å². The minimum absolute atomic E-state index is 0. The van der Waals surface area contributed by atoms with Crippen molar-refractivity contribution in [3.8, 4) is 0 Å². The highest BCUT2D eigenvalue weighted by Gasteiger charge is 2.42. The highest BCUT2D eigenvalue weighted by atomic mass is 16.5. The van der Waals surface area contributed by atoms with Gasteiger partial charge in [0.1, 0.15) is 40.1 Å². The van der Waals surface area contributed by atoms with E-state index in [0.29, 0.717) is 85.5 Å². The number of hydrazine groups is 1. The van der Waals surface area contributed by atoms with Crippen LogP contribution in [0.3, 0.4) is 0 Å². The van der Waals surface area contributed by atoms with Gasteiger partial charge in [0.25, 0.3) is 11.8 Å². The van der Waals surface area contributed by atoms with Crippen molar-refractivity contribution in [3.63, 3.8) is 0 Å². The number of carbonyl (C=O) groups is 6. The Morgan fingerprint density at radius 3 is 1.18 bits per heavy atom. The van der Waals surface area contributed by atoms with Crippen molar-refractivity contribution >= 4 is 92.0 Å². The number of likely N-dealkylation sites (N-methyl/N-ethyl adjacent to an activating group) is 2. The molecule has 0 N–H and O–H groups in total. The molecule has 0 saturated carbocycles. The summed E-state index contributed by atoms with van der Waals surface area (Å²) < 4.78 is 20.2. The number of aromatic nitrogens is 1.